The maximum atomic E-state index is 12.3. The summed E-state index contributed by atoms with van der Waals surface area (Å²) in [5.41, 5.74) is 0.497. The third-order valence-corrected chi connectivity index (χ3v) is 4.08. The second-order valence-electron chi connectivity index (χ2n) is 5.08. The highest BCUT2D eigenvalue weighted by atomic mass is 35.5. The van der Waals surface area contributed by atoms with Gasteiger partial charge in [0.1, 0.15) is 5.60 Å². The number of hydrogen-bond acceptors (Lipinski definition) is 3. The van der Waals surface area contributed by atoms with Crippen LogP contribution in [0.25, 0.3) is 0 Å². The summed E-state index contributed by atoms with van der Waals surface area (Å²) in [7, 11) is 1.62. The van der Waals surface area contributed by atoms with Crippen molar-refractivity contribution in [1.82, 2.24) is 10.6 Å². The minimum absolute atomic E-state index is 0.00420. The molecule has 1 saturated heterocycles. The molecule has 20 heavy (non-hydrogen) atoms. The lowest BCUT2D eigenvalue weighted by Gasteiger charge is -2.34. The fourth-order valence-electron chi connectivity index (χ4n) is 2.49. The molecule has 1 aliphatic rings. The van der Waals surface area contributed by atoms with Crippen LogP contribution in [0.4, 0.5) is 0 Å². The van der Waals surface area contributed by atoms with Crippen molar-refractivity contribution in [2.75, 3.05) is 26.7 Å². The summed E-state index contributed by atoms with van der Waals surface area (Å²) in [6.07, 6.45) is 2.23. The summed E-state index contributed by atoms with van der Waals surface area (Å²) in [5, 5.41) is 6.95. The lowest BCUT2D eigenvalue weighted by atomic mass is 9.91. The minimum Gasteiger partial charge on any atom is -0.368 e. The number of rotatable bonds is 5. The number of halogens is 1. The molecule has 110 valence electrons. The van der Waals surface area contributed by atoms with E-state index in [1.165, 1.54) is 0 Å². The third kappa shape index (κ3) is 3.72. The highest BCUT2D eigenvalue weighted by molar-refractivity contribution is 6.30. The van der Waals surface area contributed by atoms with Gasteiger partial charge >= 0.3 is 0 Å². The molecule has 2 rings (SSSR count). The third-order valence-electron chi connectivity index (χ3n) is 3.83. The van der Waals surface area contributed by atoms with Gasteiger partial charge in [-0.2, -0.15) is 0 Å². The molecule has 1 fully saturated rings. The molecule has 1 amide bonds. The molecule has 4 nitrogen and oxygen atoms in total. The van der Waals surface area contributed by atoms with Gasteiger partial charge in [-0.25, -0.2) is 0 Å². The van der Waals surface area contributed by atoms with Crippen LogP contribution in [0, 0.1) is 0 Å². The summed E-state index contributed by atoms with van der Waals surface area (Å²) >= 11 is 5.84. The molecule has 1 aromatic rings. The van der Waals surface area contributed by atoms with Gasteiger partial charge < -0.3 is 15.4 Å². The Hall–Kier alpha value is -1.10. The number of methoxy groups -OCH3 is 1. The SMILES string of the molecule is COC1(C(=O)NCCc2ccc(Cl)cc2)CCNCC1. The average molecular weight is 297 g/mol. The van der Waals surface area contributed by atoms with Crippen LogP contribution < -0.4 is 10.6 Å². The van der Waals surface area contributed by atoms with Crippen LogP contribution >= 0.6 is 11.6 Å². The van der Waals surface area contributed by atoms with Gasteiger partial charge in [0.2, 0.25) is 0 Å². The van der Waals surface area contributed by atoms with Crippen LogP contribution in [0.5, 0.6) is 0 Å². The van der Waals surface area contributed by atoms with Gasteiger partial charge in [-0.15, -0.1) is 0 Å². The number of nitrogens with one attached hydrogen (secondary N) is 2. The van der Waals surface area contributed by atoms with E-state index in [0.717, 1.165) is 42.9 Å². The molecule has 0 spiro atoms. The van der Waals surface area contributed by atoms with Crippen LogP contribution in [-0.4, -0.2) is 38.3 Å². The second kappa shape index (κ2) is 7.07. The van der Waals surface area contributed by atoms with E-state index >= 15 is 0 Å². The molecule has 0 bridgehead atoms. The molecule has 0 atom stereocenters. The van der Waals surface area contributed by atoms with Crippen LogP contribution in [0.1, 0.15) is 18.4 Å². The minimum atomic E-state index is -0.661. The predicted octanol–water partition coefficient (Wildman–Crippen LogP) is 1.77. The molecule has 1 aliphatic heterocycles. The van der Waals surface area contributed by atoms with Crippen molar-refractivity contribution < 1.29 is 9.53 Å². The lowest BCUT2D eigenvalue weighted by Crippen LogP contribution is -2.54. The van der Waals surface area contributed by atoms with Gasteiger partial charge in [0.05, 0.1) is 0 Å². The smallest absolute Gasteiger partial charge is 0.252 e. The van der Waals surface area contributed by atoms with Crippen molar-refractivity contribution in [3.05, 3.63) is 34.9 Å². The highest BCUT2D eigenvalue weighted by Gasteiger charge is 2.39. The molecule has 0 saturated carbocycles. The van der Waals surface area contributed by atoms with E-state index in [2.05, 4.69) is 10.6 Å². The summed E-state index contributed by atoms with van der Waals surface area (Å²) < 4.78 is 5.49. The fourth-order valence-corrected chi connectivity index (χ4v) is 2.61. The lowest BCUT2D eigenvalue weighted by molar-refractivity contribution is -0.146. The van der Waals surface area contributed by atoms with E-state index in [1.54, 1.807) is 7.11 Å². The van der Waals surface area contributed by atoms with E-state index in [0.29, 0.717) is 6.54 Å². The first-order valence-corrected chi connectivity index (χ1v) is 7.33. The first-order valence-electron chi connectivity index (χ1n) is 6.95. The second-order valence-corrected chi connectivity index (χ2v) is 5.52. The summed E-state index contributed by atoms with van der Waals surface area (Å²) in [5.74, 6) is -0.00420. The molecular formula is C15H21ClN2O2. The van der Waals surface area contributed by atoms with Gasteiger partial charge in [0.25, 0.3) is 5.91 Å². The van der Waals surface area contributed by atoms with Gasteiger partial charge in [-0.05, 0) is 50.0 Å². The number of carbonyl (C=O) groups is 1. The molecule has 1 aromatic carbocycles. The van der Waals surface area contributed by atoms with Crippen molar-refractivity contribution in [3.63, 3.8) is 0 Å². The van der Waals surface area contributed by atoms with Crippen molar-refractivity contribution in [2.45, 2.75) is 24.9 Å². The summed E-state index contributed by atoms with van der Waals surface area (Å²) in [6, 6.07) is 7.68. The van der Waals surface area contributed by atoms with Crippen molar-refractivity contribution >= 4 is 17.5 Å². The van der Waals surface area contributed by atoms with Gasteiger partial charge in [-0.3, -0.25) is 4.79 Å². The Kier molecular flexibility index (Phi) is 5.40. The molecular weight excluding hydrogens is 276 g/mol. The Balaban J connectivity index is 1.83. The Morgan fingerprint density at radius 2 is 2.00 bits per heavy atom. The number of piperidine rings is 1. The number of carbonyl (C=O) groups excluding carboxylic acids is 1. The van der Waals surface area contributed by atoms with E-state index in [4.69, 9.17) is 16.3 Å². The van der Waals surface area contributed by atoms with Crippen LogP contribution in [-0.2, 0) is 16.0 Å². The molecule has 0 radical (unpaired) electrons. The van der Waals surface area contributed by atoms with E-state index < -0.39 is 5.60 Å². The molecule has 1 heterocycles. The Bertz CT molecular complexity index is 442. The maximum absolute atomic E-state index is 12.3. The van der Waals surface area contributed by atoms with Gasteiger partial charge in [0, 0.05) is 18.7 Å². The topological polar surface area (TPSA) is 50.4 Å². The average Bonchev–Trinajstić information content (AvgIpc) is 2.50. The van der Waals surface area contributed by atoms with Crippen molar-refractivity contribution in [1.29, 1.82) is 0 Å². The molecule has 5 heteroatoms. The Morgan fingerprint density at radius 1 is 1.35 bits per heavy atom. The fraction of sp³-hybridized carbons (Fsp3) is 0.533. The molecule has 0 aliphatic carbocycles. The van der Waals surface area contributed by atoms with Crippen molar-refractivity contribution in [3.8, 4) is 0 Å². The normalized spacial score (nSPS) is 17.7. The van der Waals surface area contributed by atoms with Gasteiger partial charge in [0.15, 0.2) is 0 Å². The first-order chi connectivity index (χ1) is 9.66. The quantitative estimate of drug-likeness (QED) is 0.871. The van der Waals surface area contributed by atoms with Crippen LogP contribution in [0.3, 0.4) is 0 Å². The van der Waals surface area contributed by atoms with Gasteiger partial charge in [-0.1, -0.05) is 23.7 Å². The van der Waals surface area contributed by atoms with E-state index in [-0.39, 0.29) is 5.91 Å². The van der Waals surface area contributed by atoms with E-state index in [9.17, 15) is 4.79 Å². The standard InChI is InChI=1S/C15H21ClN2O2/c1-20-15(7-10-17-11-8-15)14(19)18-9-6-12-2-4-13(16)5-3-12/h2-5,17H,6-11H2,1H3,(H,18,19). The number of hydrogen-bond donors (Lipinski definition) is 2. The molecule has 2 N–H and O–H groups in total. The zero-order valence-electron chi connectivity index (χ0n) is 11.7. The summed E-state index contributed by atoms with van der Waals surface area (Å²) in [4.78, 5) is 12.3. The Morgan fingerprint density at radius 3 is 2.60 bits per heavy atom. The highest BCUT2D eigenvalue weighted by Crippen LogP contribution is 2.22. The maximum Gasteiger partial charge on any atom is 0.252 e. The Labute approximate surface area is 124 Å². The monoisotopic (exact) mass is 296 g/mol. The van der Waals surface area contributed by atoms with Crippen molar-refractivity contribution in [2.24, 2.45) is 0 Å². The number of ether oxygens (including phenoxy) is 1. The summed E-state index contributed by atoms with van der Waals surface area (Å²) in [6.45, 7) is 2.25. The first kappa shape index (κ1) is 15.3. The molecule has 0 aromatic heterocycles. The van der Waals surface area contributed by atoms with Crippen LogP contribution in [0.2, 0.25) is 5.02 Å². The molecule has 0 unspecified atom stereocenters. The number of benzene rings is 1. The predicted molar refractivity (Wildman–Crippen MR) is 80.0 cm³/mol. The van der Waals surface area contributed by atoms with Crippen LogP contribution in [0.15, 0.2) is 24.3 Å². The zero-order chi connectivity index (χ0) is 14.4. The van der Waals surface area contributed by atoms with E-state index in [1.807, 2.05) is 24.3 Å². The largest absolute Gasteiger partial charge is 0.368 e. The number of amides is 1. The zero-order valence-corrected chi connectivity index (χ0v) is 12.5.